The van der Waals surface area contributed by atoms with E-state index in [1.807, 2.05) is 0 Å². The largest absolute Gasteiger partial charge is 0.462 e. The first-order chi connectivity index (χ1) is 34.0. The summed E-state index contributed by atoms with van der Waals surface area (Å²) >= 11 is 0. The normalized spacial score (nSPS) is 12.1. The lowest BCUT2D eigenvalue weighted by atomic mass is 10.0. The molecule has 0 aliphatic carbocycles. The smallest absolute Gasteiger partial charge is 0.306 e. The zero-order valence-electron chi connectivity index (χ0n) is 46.6. The maximum absolute atomic E-state index is 12.9. The van der Waals surface area contributed by atoms with E-state index in [4.69, 9.17) is 14.2 Å². The van der Waals surface area contributed by atoms with E-state index in [2.05, 4.69) is 45.1 Å². The molecule has 0 saturated heterocycles. The first-order valence-electron chi connectivity index (χ1n) is 30.8. The van der Waals surface area contributed by atoms with Crippen molar-refractivity contribution in [2.24, 2.45) is 0 Å². The molecule has 69 heavy (non-hydrogen) atoms. The molecule has 0 bridgehead atoms. The highest BCUT2D eigenvalue weighted by Crippen LogP contribution is 2.17. The molecule has 0 spiro atoms. The van der Waals surface area contributed by atoms with Gasteiger partial charge < -0.3 is 14.2 Å². The Morgan fingerprint density at radius 2 is 0.522 bits per heavy atom. The second kappa shape index (κ2) is 58.5. The molecule has 0 amide bonds. The van der Waals surface area contributed by atoms with Crippen LogP contribution in [0.5, 0.6) is 0 Å². The Hall–Kier alpha value is -2.11. The van der Waals surface area contributed by atoms with E-state index in [1.165, 1.54) is 238 Å². The summed E-state index contributed by atoms with van der Waals surface area (Å²) in [5.41, 5.74) is 0. The topological polar surface area (TPSA) is 78.9 Å². The van der Waals surface area contributed by atoms with E-state index >= 15 is 0 Å². The van der Waals surface area contributed by atoms with Crippen LogP contribution in [0.1, 0.15) is 342 Å². The molecule has 0 aromatic carbocycles. The van der Waals surface area contributed by atoms with Gasteiger partial charge in [0.15, 0.2) is 6.10 Å². The van der Waals surface area contributed by atoms with Gasteiger partial charge in [-0.15, -0.1) is 0 Å². The zero-order valence-corrected chi connectivity index (χ0v) is 46.6. The molecule has 0 aromatic rings. The van der Waals surface area contributed by atoms with Gasteiger partial charge in [-0.05, 0) is 51.4 Å². The molecular formula is C63H118O6. The fraction of sp³-hybridized carbons (Fsp3) is 0.889. The van der Waals surface area contributed by atoms with Gasteiger partial charge in [-0.3, -0.25) is 14.4 Å². The van der Waals surface area contributed by atoms with Gasteiger partial charge in [-0.2, -0.15) is 0 Å². The van der Waals surface area contributed by atoms with Crippen LogP contribution >= 0.6 is 0 Å². The van der Waals surface area contributed by atoms with Crippen LogP contribution < -0.4 is 0 Å². The summed E-state index contributed by atoms with van der Waals surface area (Å²) in [5, 5.41) is 0. The number of allylic oxidation sites excluding steroid dienone is 4. The van der Waals surface area contributed by atoms with Crippen molar-refractivity contribution < 1.29 is 28.6 Å². The minimum absolute atomic E-state index is 0.0656. The Morgan fingerprint density at radius 3 is 0.797 bits per heavy atom. The number of ether oxygens (including phenoxy) is 3. The van der Waals surface area contributed by atoms with E-state index in [1.54, 1.807) is 0 Å². The Morgan fingerprint density at radius 1 is 0.290 bits per heavy atom. The first-order valence-corrected chi connectivity index (χ1v) is 30.8. The minimum Gasteiger partial charge on any atom is -0.462 e. The summed E-state index contributed by atoms with van der Waals surface area (Å²) in [5.74, 6) is -0.843. The molecule has 0 fully saturated rings. The summed E-state index contributed by atoms with van der Waals surface area (Å²) in [7, 11) is 0. The number of esters is 3. The number of unbranched alkanes of at least 4 members (excludes halogenated alkanes) is 42. The number of carbonyl (C=O) groups excluding carboxylic acids is 3. The Kier molecular flexibility index (Phi) is 56.7. The van der Waals surface area contributed by atoms with Gasteiger partial charge in [-0.25, -0.2) is 0 Å². The van der Waals surface area contributed by atoms with Crippen LogP contribution in [-0.2, 0) is 28.6 Å². The van der Waals surface area contributed by atoms with Gasteiger partial charge in [0.25, 0.3) is 0 Å². The summed E-state index contributed by atoms with van der Waals surface area (Å²) in [6, 6.07) is 0. The predicted octanol–water partition coefficient (Wildman–Crippen LogP) is 20.7. The molecule has 1 atom stereocenters. The third-order valence-electron chi connectivity index (χ3n) is 14.0. The van der Waals surface area contributed by atoms with Crippen molar-refractivity contribution in [1.82, 2.24) is 0 Å². The van der Waals surface area contributed by atoms with Crippen LogP contribution in [-0.4, -0.2) is 37.2 Å². The summed E-state index contributed by atoms with van der Waals surface area (Å²) in [6.45, 7) is 6.68. The molecular weight excluding hydrogens is 853 g/mol. The number of carbonyl (C=O) groups is 3. The predicted molar refractivity (Wildman–Crippen MR) is 298 cm³/mol. The van der Waals surface area contributed by atoms with Gasteiger partial charge in [0.05, 0.1) is 0 Å². The van der Waals surface area contributed by atoms with E-state index in [-0.39, 0.29) is 31.1 Å². The van der Waals surface area contributed by atoms with Crippen LogP contribution in [0.4, 0.5) is 0 Å². The third kappa shape index (κ3) is 56.7. The monoisotopic (exact) mass is 971 g/mol. The molecule has 6 heteroatoms. The highest BCUT2D eigenvalue weighted by molar-refractivity contribution is 5.71. The van der Waals surface area contributed by atoms with Gasteiger partial charge in [0, 0.05) is 19.3 Å². The van der Waals surface area contributed by atoms with E-state index in [0.717, 1.165) is 64.2 Å². The lowest BCUT2D eigenvalue weighted by molar-refractivity contribution is -0.167. The standard InChI is InChI=1S/C63H118O6/c1-4-7-10-13-16-19-22-25-27-29-30-31-32-33-34-35-37-38-41-44-47-50-53-56-62(65)68-59-60(58-67-61(64)55-52-49-46-43-40-24-21-18-15-12-9-6-3)69-63(66)57-54-51-48-45-42-39-36-28-26-23-20-17-14-11-8-5-2/h22,25,29-30,60H,4-21,23-24,26-28,31-59H2,1-3H3/b25-22-,30-29-. The van der Waals surface area contributed by atoms with Gasteiger partial charge in [-0.1, -0.05) is 295 Å². The fourth-order valence-electron chi connectivity index (χ4n) is 9.30. The highest BCUT2D eigenvalue weighted by Gasteiger charge is 2.19. The van der Waals surface area contributed by atoms with Crippen LogP contribution in [0, 0.1) is 0 Å². The molecule has 0 rings (SSSR count). The molecule has 0 N–H and O–H groups in total. The van der Waals surface area contributed by atoms with Crippen molar-refractivity contribution in [2.45, 2.75) is 348 Å². The van der Waals surface area contributed by atoms with Crippen molar-refractivity contribution in [3.63, 3.8) is 0 Å². The van der Waals surface area contributed by atoms with Crippen molar-refractivity contribution in [3.05, 3.63) is 24.3 Å². The molecule has 0 aliphatic heterocycles. The van der Waals surface area contributed by atoms with E-state index < -0.39 is 6.10 Å². The molecule has 0 radical (unpaired) electrons. The molecule has 1 unspecified atom stereocenters. The van der Waals surface area contributed by atoms with Gasteiger partial charge in [0.1, 0.15) is 13.2 Å². The van der Waals surface area contributed by atoms with Crippen LogP contribution in [0.2, 0.25) is 0 Å². The van der Waals surface area contributed by atoms with Gasteiger partial charge >= 0.3 is 17.9 Å². The molecule has 0 aliphatic rings. The summed E-state index contributed by atoms with van der Waals surface area (Å²) in [4.78, 5) is 38.2. The second-order valence-electron chi connectivity index (χ2n) is 21.0. The van der Waals surface area contributed by atoms with Crippen LogP contribution in [0.15, 0.2) is 24.3 Å². The minimum atomic E-state index is -0.766. The molecule has 6 nitrogen and oxygen atoms in total. The first kappa shape index (κ1) is 66.9. The summed E-state index contributed by atoms with van der Waals surface area (Å²) in [6.07, 6.45) is 68.9. The van der Waals surface area contributed by atoms with Crippen molar-refractivity contribution in [3.8, 4) is 0 Å². The Labute approximate surface area is 430 Å². The second-order valence-corrected chi connectivity index (χ2v) is 21.0. The summed E-state index contributed by atoms with van der Waals surface area (Å²) < 4.78 is 16.9. The lowest BCUT2D eigenvalue weighted by Gasteiger charge is -2.18. The highest BCUT2D eigenvalue weighted by atomic mass is 16.6. The SMILES string of the molecule is CCCCCCC/C=C\C/C=C\CCCCCCCCCCCCCC(=O)OCC(COC(=O)CCCCCCCCCCCCCC)OC(=O)CCCCCCCCCCCCCCCCCC. The lowest BCUT2D eigenvalue weighted by Crippen LogP contribution is -2.30. The molecule has 0 aromatic heterocycles. The van der Waals surface area contributed by atoms with Crippen molar-refractivity contribution in [2.75, 3.05) is 13.2 Å². The molecule has 406 valence electrons. The Bertz CT molecular complexity index is 1110. The third-order valence-corrected chi connectivity index (χ3v) is 14.0. The van der Waals surface area contributed by atoms with Crippen molar-refractivity contribution in [1.29, 1.82) is 0 Å². The van der Waals surface area contributed by atoms with E-state index in [9.17, 15) is 14.4 Å². The van der Waals surface area contributed by atoms with Crippen molar-refractivity contribution >= 4 is 17.9 Å². The molecule has 0 heterocycles. The van der Waals surface area contributed by atoms with E-state index in [0.29, 0.717) is 19.3 Å². The number of hydrogen-bond acceptors (Lipinski definition) is 6. The average molecular weight is 972 g/mol. The molecule has 0 saturated carbocycles. The average Bonchev–Trinajstić information content (AvgIpc) is 3.35. The quantitative estimate of drug-likeness (QED) is 0.0261. The maximum atomic E-state index is 12.9. The zero-order chi connectivity index (χ0) is 50.0. The number of rotatable bonds is 57. The number of hydrogen-bond donors (Lipinski definition) is 0. The maximum Gasteiger partial charge on any atom is 0.306 e. The Balaban J connectivity index is 4.25. The van der Waals surface area contributed by atoms with Gasteiger partial charge in [0.2, 0.25) is 0 Å². The fourth-order valence-corrected chi connectivity index (χ4v) is 9.30. The van der Waals surface area contributed by atoms with Crippen LogP contribution in [0.3, 0.4) is 0 Å². The van der Waals surface area contributed by atoms with Crippen LogP contribution in [0.25, 0.3) is 0 Å².